The Morgan fingerprint density at radius 3 is 2.42 bits per heavy atom. The molecule has 3 aliphatic carbocycles. The molecule has 2 nitrogen and oxygen atoms in total. The van der Waals surface area contributed by atoms with E-state index in [0.717, 1.165) is 44.4 Å². The molecule has 0 aromatic heterocycles. The molecular formula is C17H27NO. The van der Waals surface area contributed by atoms with Crippen LogP contribution in [0.3, 0.4) is 0 Å². The maximum atomic E-state index is 11.3. The average molecular weight is 261 g/mol. The van der Waals surface area contributed by atoms with Crippen LogP contribution in [0.2, 0.25) is 0 Å². The zero-order chi connectivity index (χ0) is 13.5. The number of hydrogen-bond acceptors (Lipinski definition) is 2. The first-order valence-corrected chi connectivity index (χ1v) is 8.27. The minimum atomic E-state index is -0.651. The van der Waals surface area contributed by atoms with Crippen molar-refractivity contribution in [1.29, 1.82) is 5.26 Å². The zero-order valence-electron chi connectivity index (χ0n) is 12.2. The Bertz CT molecular complexity index is 377. The van der Waals surface area contributed by atoms with Gasteiger partial charge in [0.2, 0.25) is 0 Å². The molecule has 0 saturated heterocycles. The molecule has 0 aromatic carbocycles. The van der Waals surface area contributed by atoms with Gasteiger partial charge in [-0.25, -0.2) is 0 Å². The topological polar surface area (TPSA) is 44.0 Å². The van der Waals surface area contributed by atoms with Gasteiger partial charge in [0.25, 0.3) is 0 Å². The maximum Gasteiger partial charge on any atom is 0.0864 e. The van der Waals surface area contributed by atoms with Gasteiger partial charge in [-0.15, -0.1) is 0 Å². The van der Waals surface area contributed by atoms with Gasteiger partial charge in [0.15, 0.2) is 0 Å². The molecule has 106 valence electrons. The lowest BCUT2D eigenvalue weighted by Gasteiger charge is -2.49. The normalized spacial score (nSPS) is 49.2. The third kappa shape index (κ3) is 1.93. The number of fused-ring (bicyclic) bond motifs is 2. The Balaban J connectivity index is 1.76. The molecule has 0 radical (unpaired) electrons. The van der Waals surface area contributed by atoms with E-state index in [-0.39, 0.29) is 0 Å². The lowest BCUT2D eigenvalue weighted by molar-refractivity contribution is -0.115. The molecule has 3 fully saturated rings. The van der Waals surface area contributed by atoms with Crippen LogP contribution in [0.4, 0.5) is 0 Å². The van der Waals surface area contributed by atoms with Crippen molar-refractivity contribution in [3.05, 3.63) is 0 Å². The smallest absolute Gasteiger partial charge is 0.0864 e. The lowest BCUT2D eigenvalue weighted by atomic mass is 9.57. The highest BCUT2D eigenvalue weighted by molar-refractivity contribution is 5.19. The van der Waals surface area contributed by atoms with Gasteiger partial charge in [-0.05, 0) is 69.1 Å². The summed E-state index contributed by atoms with van der Waals surface area (Å²) < 4.78 is 0. The van der Waals surface area contributed by atoms with Crippen LogP contribution in [0.1, 0.15) is 71.1 Å². The minimum absolute atomic E-state index is 0.417. The molecule has 3 atom stereocenters. The van der Waals surface area contributed by atoms with Crippen LogP contribution in [0.25, 0.3) is 0 Å². The van der Waals surface area contributed by atoms with Crippen molar-refractivity contribution in [2.75, 3.05) is 0 Å². The van der Waals surface area contributed by atoms with Crippen molar-refractivity contribution < 1.29 is 5.11 Å². The summed E-state index contributed by atoms with van der Waals surface area (Å²) >= 11 is 0. The summed E-state index contributed by atoms with van der Waals surface area (Å²) in [5.74, 6) is 1.92. The van der Waals surface area contributed by atoms with E-state index in [9.17, 15) is 10.4 Å². The number of aliphatic hydroxyl groups is 1. The summed E-state index contributed by atoms with van der Waals surface area (Å²) in [5, 5.41) is 21.1. The lowest BCUT2D eigenvalue weighted by Crippen LogP contribution is -2.52. The summed E-state index contributed by atoms with van der Waals surface area (Å²) in [5.41, 5.74) is -1.07. The van der Waals surface area contributed by atoms with Crippen molar-refractivity contribution >= 4 is 0 Å². The van der Waals surface area contributed by atoms with Crippen LogP contribution in [0, 0.1) is 34.5 Å². The number of hydrogen-bond donors (Lipinski definition) is 1. The van der Waals surface area contributed by atoms with E-state index < -0.39 is 11.0 Å². The monoisotopic (exact) mass is 261 g/mol. The highest BCUT2D eigenvalue weighted by atomic mass is 16.3. The van der Waals surface area contributed by atoms with Gasteiger partial charge in [-0.3, -0.25) is 0 Å². The van der Waals surface area contributed by atoms with E-state index in [0.29, 0.717) is 11.8 Å². The van der Waals surface area contributed by atoms with Crippen LogP contribution in [-0.2, 0) is 0 Å². The van der Waals surface area contributed by atoms with Gasteiger partial charge in [-0.1, -0.05) is 19.8 Å². The molecular weight excluding hydrogens is 234 g/mol. The predicted octanol–water partition coefficient (Wildman–Crippen LogP) is 4.04. The Morgan fingerprint density at radius 2 is 1.95 bits per heavy atom. The Hall–Kier alpha value is -0.550. The molecule has 1 N–H and O–H groups in total. The Labute approximate surface area is 117 Å². The van der Waals surface area contributed by atoms with Crippen LogP contribution in [-0.4, -0.2) is 10.7 Å². The molecule has 0 aliphatic heterocycles. The molecule has 3 saturated carbocycles. The minimum Gasteiger partial charge on any atom is -0.388 e. The summed E-state index contributed by atoms with van der Waals surface area (Å²) in [4.78, 5) is 0. The van der Waals surface area contributed by atoms with E-state index >= 15 is 0 Å². The second kappa shape index (κ2) is 4.77. The zero-order valence-corrected chi connectivity index (χ0v) is 12.2. The third-order valence-corrected chi connectivity index (χ3v) is 6.51. The van der Waals surface area contributed by atoms with Gasteiger partial charge >= 0.3 is 0 Å². The Morgan fingerprint density at radius 1 is 1.21 bits per heavy atom. The van der Waals surface area contributed by atoms with Crippen molar-refractivity contribution in [3.63, 3.8) is 0 Å². The van der Waals surface area contributed by atoms with Crippen LogP contribution >= 0.6 is 0 Å². The molecule has 3 aliphatic rings. The summed E-state index contributed by atoms with van der Waals surface area (Å²) in [6.07, 6.45) is 11.3. The van der Waals surface area contributed by atoms with E-state index in [4.69, 9.17) is 0 Å². The van der Waals surface area contributed by atoms with E-state index in [1.54, 1.807) is 0 Å². The van der Waals surface area contributed by atoms with Gasteiger partial charge in [-0.2, -0.15) is 5.26 Å². The second-order valence-corrected chi connectivity index (χ2v) is 7.43. The van der Waals surface area contributed by atoms with Crippen molar-refractivity contribution in [1.82, 2.24) is 0 Å². The molecule has 0 heterocycles. The molecule has 0 aromatic rings. The van der Waals surface area contributed by atoms with Crippen molar-refractivity contribution in [3.8, 4) is 6.07 Å². The molecule has 0 spiro atoms. The SMILES string of the molecule is CCCC1CCC(C#N)(C2(O)CC3CCC2C3)CC1. The van der Waals surface area contributed by atoms with Crippen molar-refractivity contribution in [2.24, 2.45) is 23.2 Å². The first kappa shape index (κ1) is 13.4. The fourth-order valence-corrected chi connectivity index (χ4v) is 5.40. The van der Waals surface area contributed by atoms with Gasteiger partial charge in [0.05, 0.1) is 17.1 Å². The second-order valence-electron chi connectivity index (χ2n) is 7.43. The molecule has 3 unspecified atom stereocenters. The molecule has 2 bridgehead atoms. The number of nitrogens with zero attached hydrogens (tertiary/aromatic N) is 1. The standard InChI is InChI=1S/C17H27NO/c1-2-3-13-6-8-16(12-18,9-7-13)17(19)11-14-4-5-15(17)10-14/h13-15,19H,2-11H2,1H3. The van der Waals surface area contributed by atoms with E-state index in [1.165, 1.54) is 25.7 Å². The van der Waals surface area contributed by atoms with Crippen LogP contribution in [0.5, 0.6) is 0 Å². The predicted molar refractivity (Wildman–Crippen MR) is 75.3 cm³/mol. The fourth-order valence-electron chi connectivity index (χ4n) is 5.40. The quantitative estimate of drug-likeness (QED) is 0.833. The van der Waals surface area contributed by atoms with Gasteiger partial charge < -0.3 is 5.11 Å². The largest absolute Gasteiger partial charge is 0.388 e. The Kier molecular flexibility index (Phi) is 3.38. The fraction of sp³-hybridized carbons (Fsp3) is 0.941. The number of rotatable bonds is 3. The molecule has 2 heteroatoms. The third-order valence-electron chi connectivity index (χ3n) is 6.51. The van der Waals surface area contributed by atoms with Gasteiger partial charge in [0.1, 0.15) is 0 Å². The molecule has 19 heavy (non-hydrogen) atoms. The first-order valence-electron chi connectivity index (χ1n) is 8.27. The first-order chi connectivity index (χ1) is 9.13. The molecule has 0 amide bonds. The number of nitriles is 1. The highest BCUT2D eigenvalue weighted by Crippen LogP contribution is 2.61. The van der Waals surface area contributed by atoms with E-state index in [1.807, 2.05) is 0 Å². The summed E-state index contributed by atoms with van der Waals surface area (Å²) in [7, 11) is 0. The average Bonchev–Trinajstić information content (AvgIpc) is 3.01. The van der Waals surface area contributed by atoms with E-state index in [2.05, 4.69) is 13.0 Å². The van der Waals surface area contributed by atoms with Crippen LogP contribution < -0.4 is 0 Å². The highest BCUT2D eigenvalue weighted by Gasteiger charge is 2.61. The van der Waals surface area contributed by atoms with Crippen molar-refractivity contribution in [2.45, 2.75) is 76.7 Å². The summed E-state index contributed by atoms with van der Waals surface area (Å²) in [6, 6.07) is 2.60. The molecule has 3 rings (SSSR count). The summed E-state index contributed by atoms with van der Waals surface area (Å²) in [6.45, 7) is 2.25. The maximum absolute atomic E-state index is 11.3. The van der Waals surface area contributed by atoms with Gasteiger partial charge in [0, 0.05) is 0 Å². The van der Waals surface area contributed by atoms with Crippen LogP contribution in [0.15, 0.2) is 0 Å².